The monoisotopic (exact) mass is 115 g/mol. The summed E-state index contributed by atoms with van der Waals surface area (Å²) in [5.74, 6) is 0. The van der Waals surface area contributed by atoms with E-state index >= 15 is 0 Å². The Kier molecular flexibility index (Phi) is 3.84. The van der Waals surface area contributed by atoms with Crippen LogP contribution in [0.2, 0.25) is 0 Å². The standard InChI is InChI=1S/C5H9NO2/c1-3-5(4-7)6-8-2/h4H,3H2,1-2H3/b6-5-. The van der Waals surface area contributed by atoms with Gasteiger partial charge in [-0.3, -0.25) is 4.79 Å². The van der Waals surface area contributed by atoms with Crippen molar-refractivity contribution in [3.05, 3.63) is 0 Å². The maximum atomic E-state index is 9.92. The van der Waals surface area contributed by atoms with E-state index in [1.165, 1.54) is 7.11 Å². The molecule has 0 aliphatic heterocycles. The lowest BCUT2D eigenvalue weighted by molar-refractivity contribution is -0.102. The molecule has 3 heteroatoms. The van der Waals surface area contributed by atoms with Crippen LogP contribution < -0.4 is 0 Å². The zero-order valence-corrected chi connectivity index (χ0v) is 5.05. The van der Waals surface area contributed by atoms with Crippen molar-refractivity contribution in [2.24, 2.45) is 5.16 Å². The summed E-state index contributed by atoms with van der Waals surface area (Å²) in [5, 5.41) is 3.41. The van der Waals surface area contributed by atoms with Crippen molar-refractivity contribution in [1.29, 1.82) is 0 Å². The molecule has 0 aliphatic rings. The first kappa shape index (κ1) is 7.14. The number of hydrogen-bond donors (Lipinski definition) is 0. The summed E-state index contributed by atoms with van der Waals surface area (Å²) in [6, 6.07) is 0. The zero-order chi connectivity index (χ0) is 6.41. The Bertz CT molecular complexity index is 98.6. The van der Waals surface area contributed by atoms with Gasteiger partial charge in [0, 0.05) is 0 Å². The van der Waals surface area contributed by atoms with Gasteiger partial charge in [0.1, 0.15) is 12.8 Å². The molecule has 0 unspecified atom stereocenters. The molecule has 46 valence electrons. The van der Waals surface area contributed by atoms with E-state index in [1.807, 2.05) is 6.92 Å². The topological polar surface area (TPSA) is 38.7 Å². The van der Waals surface area contributed by atoms with Gasteiger partial charge in [-0.15, -0.1) is 0 Å². The molecular weight excluding hydrogens is 106 g/mol. The van der Waals surface area contributed by atoms with E-state index in [4.69, 9.17) is 0 Å². The summed E-state index contributed by atoms with van der Waals surface area (Å²) >= 11 is 0. The van der Waals surface area contributed by atoms with E-state index in [1.54, 1.807) is 0 Å². The first-order valence-electron chi connectivity index (χ1n) is 2.40. The summed E-state index contributed by atoms with van der Waals surface area (Å²) in [6.45, 7) is 1.84. The van der Waals surface area contributed by atoms with E-state index in [-0.39, 0.29) is 0 Å². The van der Waals surface area contributed by atoms with E-state index in [2.05, 4.69) is 9.99 Å². The van der Waals surface area contributed by atoms with Gasteiger partial charge in [0.25, 0.3) is 0 Å². The second-order valence-corrected chi connectivity index (χ2v) is 1.24. The van der Waals surface area contributed by atoms with Crippen LogP contribution in [-0.4, -0.2) is 19.1 Å². The zero-order valence-electron chi connectivity index (χ0n) is 5.05. The quantitative estimate of drug-likeness (QED) is 0.307. The molecule has 3 nitrogen and oxygen atoms in total. The Hall–Kier alpha value is -0.860. The predicted molar refractivity (Wildman–Crippen MR) is 30.8 cm³/mol. The molecule has 0 saturated heterocycles. The average molecular weight is 115 g/mol. The van der Waals surface area contributed by atoms with Crippen LogP contribution in [0, 0.1) is 0 Å². The van der Waals surface area contributed by atoms with Crippen LogP contribution >= 0.6 is 0 Å². The van der Waals surface area contributed by atoms with Crippen LogP contribution in [-0.2, 0) is 9.63 Å². The van der Waals surface area contributed by atoms with Gasteiger partial charge in [-0.05, 0) is 6.42 Å². The van der Waals surface area contributed by atoms with Gasteiger partial charge in [0.15, 0.2) is 6.29 Å². The fourth-order valence-electron chi connectivity index (χ4n) is 0.287. The van der Waals surface area contributed by atoms with E-state index < -0.39 is 0 Å². The highest BCUT2D eigenvalue weighted by atomic mass is 16.6. The van der Waals surface area contributed by atoms with Gasteiger partial charge < -0.3 is 4.84 Å². The molecule has 0 spiro atoms. The van der Waals surface area contributed by atoms with Crippen molar-refractivity contribution >= 4 is 12.0 Å². The Morgan fingerprint density at radius 2 is 2.50 bits per heavy atom. The number of hydrogen-bond acceptors (Lipinski definition) is 3. The van der Waals surface area contributed by atoms with Gasteiger partial charge >= 0.3 is 0 Å². The largest absolute Gasteiger partial charge is 0.399 e. The third-order valence-electron chi connectivity index (χ3n) is 0.707. The highest BCUT2D eigenvalue weighted by Crippen LogP contribution is 1.80. The molecule has 0 radical (unpaired) electrons. The van der Waals surface area contributed by atoms with E-state index in [9.17, 15) is 4.79 Å². The summed E-state index contributed by atoms with van der Waals surface area (Å²) < 4.78 is 0. The second kappa shape index (κ2) is 4.30. The normalized spacial score (nSPS) is 11.0. The molecule has 0 fully saturated rings. The van der Waals surface area contributed by atoms with Crippen molar-refractivity contribution in [3.8, 4) is 0 Å². The van der Waals surface area contributed by atoms with Crippen LogP contribution in [0.4, 0.5) is 0 Å². The van der Waals surface area contributed by atoms with E-state index in [0.29, 0.717) is 18.4 Å². The van der Waals surface area contributed by atoms with Crippen LogP contribution in [0.5, 0.6) is 0 Å². The minimum absolute atomic E-state index is 0.438. The summed E-state index contributed by atoms with van der Waals surface area (Å²) in [5.41, 5.74) is 0.438. The smallest absolute Gasteiger partial charge is 0.167 e. The molecule has 8 heavy (non-hydrogen) atoms. The van der Waals surface area contributed by atoms with Crippen molar-refractivity contribution < 1.29 is 9.63 Å². The van der Waals surface area contributed by atoms with E-state index in [0.717, 1.165) is 0 Å². The molecule has 0 bridgehead atoms. The molecule has 0 atom stereocenters. The molecule has 0 saturated carbocycles. The highest BCUT2D eigenvalue weighted by molar-refractivity contribution is 6.27. The van der Waals surface area contributed by atoms with Gasteiger partial charge in [-0.1, -0.05) is 12.1 Å². The maximum Gasteiger partial charge on any atom is 0.167 e. The third kappa shape index (κ3) is 2.34. The minimum Gasteiger partial charge on any atom is -0.399 e. The fraction of sp³-hybridized carbons (Fsp3) is 0.600. The molecule has 0 aliphatic carbocycles. The van der Waals surface area contributed by atoms with Crippen molar-refractivity contribution in [1.82, 2.24) is 0 Å². The predicted octanol–water partition coefficient (Wildman–Crippen LogP) is 0.598. The molecule has 0 aromatic rings. The molecule has 0 amide bonds. The Balaban J connectivity index is 3.66. The fourth-order valence-corrected chi connectivity index (χ4v) is 0.287. The average Bonchev–Trinajstić information content (AvgIpc) is 1.83. The minimum atomic E-state index is 0.438. The van der Waals surface area contributed by atoms with Gasteiger partial charge in [-0.2, -0.15) is 0 Å². The number of nitrogens with zero attached hydrogens (tertiary/aromatic N) is 1. The lowest BCUT2D eigenvalue weighted by atomic mass is 10.3. The van der Waals surface area contributed by atoms with Crippen LogP contribution in [0.15, 0.2) is 5.16 Å². The van der Waals surface area contributed by atoms with Crippen molar-refractivity contribution in [2.45, 2.75) is 13.3 Å². The molecular formula is C5H9NO2. The molecule has 0 aromatic carbocycles. The molecule has 0 heterocycles. The van der Waals surface area contributed by atoms with Gasteiger partial charge in [-0.25, -0.2) is 0 Å². The molecule has 0 rings (SSSR count). The third-order valence-corrected chi connectivity index (χ3v) is 0.707. The molecule has 0 N–H and O–H groups in total. The Labute approximate surface area is 48.3 Å². The number of carbonyl (C=O) groups is 1. The summed E-state index contributed by atoms with van der Waals surface area (Å²) in [4.78, 5) is 14.3. The molecule has 0 aromatic heterocycles. The van der Waals surface area contributed by atoms with Crippen LogP contribution in [0.1, 0.15) is 13.3 Å². The van der Waals surface area contributed by atoms with Gasteiger partial charge in [0.2, 0.25) is 0 Å². The van der Waals surface area contributed by atoms with Crippen LogP contribution in [0.25, 0.3) is 0 Å². The SMILES string of the molecule is CC/C(C=O)=N/OC. The second-order valence-electron chi connectivity index (χ2n) is 1.24. The Morgan fingerprint density at radius 3 is 2.62 bits per heavy atom. The Morgan fingerprint density at radius 1 is 1.88 bits per heavy atom. The lowest BCUT2D eigenvalue weighted by Gasteiger charge is -1.88. The summed E-state index contributed by atoms with van der Waals surface area (Å²) in [7, 11) is 1.42. The number of oxime groups is 1. The van der Waals surface area contributed by atoms with Crippen molar-refractivity contribution in [2.75, 3.05) is 7.11 Å². The number of carbonyl (C=O) groups excluding carboxylic acids is 1. The first-order chi connectivity index (χ1) is 3.85. The van der Waals surface area contributed by atoms with Gasteiger partial charge in [0.05, 0.1) is 0 Å². The highest BCUT2D eigenvalue weighted by Gasteiger charge is 1.88. The first-order valence-corrected chi connectivity index (χ1v) is 2.40. The van der Waals surface area contributed by atoms with Crippen molar-refractivity contribution in [3.63, 3.8) is 0 Å². The maximum absolute atomic E-state index is 9.92. The number of aldehydes is 1. The number of rotatable bonds is 3. The lowest BCUT2D eigenvalue weighted by Crippen LogP contribution is -1.96. The van der Waals surface area contributed by atoms with Crippen LogP contribution in [0.3, 0.4) is 0 Å². The summed E-state index contributed by atoms with van der Waals surface area (Å²) in [6.07, 6.45) is 1.31.